The molecule has 5 nitrogen and oxygen atoms in total. The van der Waals surface area contributed by atoms with E-state index in [1.165, 1.54) is 38.5 Å². The van der Waals surface area contributed by atoms with Crippen LogP contribution in [0.25, 0.3) is 6.08 Å². The summed E-state index contributed by atoms with van der Waals surface area (Å²) in [6.45, 7) is 0.733. The van der Waals surface area contributed by atoms with Crippen LogP contribution < -0.4 is 14.8 Å². The Morgan fingerprint density at radius 2 is 1.90 bits per heavy atom. The van der Waals surface area contributed by atoms with Gasteiger partial charge in [0.2, 0.25) is 5.91 Å². The number of methoxy groups -OCH3 is 1. The lowest BCUT2D eigenvalue weighted by Gasteiger charge is -2.57. The van der Waals surface area contributed by atoms with Crippen LogP contribution in [0.5, 0.6) is 11.5 Å². The molecule has 5 heteroatoms. The van der Waals surface area contributed by atoms with Crippen molar-refractivity contribution in [2.75, 3.05) is 20.3 Å². The fourth-order valence-electron chi connectivity index (χ4n) is 6.30. The highest BCUT2D eigenvalue weighted by Gasteiger charge is 2.50. The molecule has 1 aromatic carbocycles. The average Bonchev–Trinajstić information content (AvgIpc) is 2.69. The molecule has 0 spiro atoms. The van der Waals surface area contributed by atoms with Gasteiger partial charge in [0.1, 0.15) is 6.07 Å². The van der Waals surface area contributed by atoms with Gasteiger partial charge < -0.3 is 14.8 Å². The van der Waals surface area contributed by atoms with Gasteiger partial charge in [0.25, 0.3) is 0 Å². The molecule has 4 bridgehead atoms. The molecule has 4 aliphatic rings. The van der Waals surface area contributed by atoms with Crippen LogP contribution in [0, 0.1) is 34.5 Å². The van der Waals surface area contributed by atoms with Crippen molar-refractivity contribution in [1.29, 1.82) is 5.26 Å². The second-order valence-electron chi connectivity index (χ2n) is 9.15. The highest BCUT2D eigenvalue weighted by atomic mass is 16.5. The monoisotopic (exact) mass is 394 g/mol. The zero-order valence-corrected chi connectivity index (χ0v) is 17.2. The first-order chi connectivity index (χ1) is 14.1. The third-order valence-corrected chi connectivity index (χ3v) is 7.03. The summed E-state index contributed by atoms with van der Waals surface area (Å²) >= 11 is 0. The quantitative estimate of drug-likeness (QED) is 0.666. The molecule has 29 heavy (non-hydrogen) atoms. The molecular weight excluding hydrogens is 364 g/mol. The number of hydrogen-bond donors (Lipinski definition) is 1. The van der Waals surface area contributed by atoms with E-state index >= 15 is 0 Å². The molecule has 4 saturated carbocycles. The van der Waals surface area contributed by atoms with Gasteiger partial charge in [-0.3, -0.25) is 4.79 Å². The highest BCUT2D eigenvalue weighted by molar-refractivity contribution is 5.91. The minimum absolute atomic E-state index is 0.0301. The van der Waals surface area contributed by atoms with Crippen molar-refractivity contribution in [2.24, 2.45) is 23.2 Å². The predicted octanol–water partition coefficient (Wildman–Crippen LogP) is 4.33. The smallest absolute Gasteiger partial charge is 0.243 e. The first-order valence-electron chi connectivity index (χ1n) is 10.7. The lowest BCUT2D eigenvalue weighted by atomic mass is 9.49. The Morgan fingerprint density at radius 1 is 1.21 bits per heavy atom. The molecule has 1 N–H and O–H groups in total. The van der Waals surface area contributed by atoms with Gasteiger partial charge in [-0.05, 0) is 91.9 Å². The Bertz CT molecular complexity index is 789. The molecule has 0 radical (unpaired) electrons. The van der Waals surface area contributed by atoms with Crippen LogP contribution in [0.1, 0.15) is 50.5 Å². The predicted molar refractivity (Wildman–Crippen MR) is 111 cm³/mol. The molecule has 154 valence electrons. The number of benzene rings is 1. The van der Waals surface area contributed by atoms with Gasteiger partial charge in [-0.2, -0.15) is 5.26 Å². The summed E-state index contributed by atoms with van der Waals surface area (Å²) in [6, 6.07) is 7.33. The number of rotatable bonds is 8. The number of amides is 1. The summed E-state index contributed by atoms with van der Waals surface area (Å²) in [4.78, 5) is 12.3. The van der Waals surface area contributed by atoms with Crippen LogP contribution in [0.2, 0.25) is 0 Å². The zero-order chi connectivity index (χ0) is 20.3. The summed E-state index contributed by atoms with van der Waals surface area (Å²) in [5.41, 5.74) is 1.35. The fourth-order valence-corrected chi connectivity index (χ4v) is 6.30. The summed E-state index contributed by atoms with van der Waals surface area (Å²) in [6.07, 6.45) is 13.0. The van der Waals surface area contributed by atoms with Crippen LogP contribution in [0.15, 0.2) is 24.3 Å². The molecule has 5 rings (SSSR count). The van der Waals surface area contributed by atoms with Gasteiger partial charge in [-0.15, -0.1) is 0 Å². The maximum Gasteiger partial charge on any atom is 0.243 e. The highest BCUT2D eigenvalue weighted by Crippen LogP contribution is 2.61. The molecule has 0 aliphatic heterocycles. The van der Waals surface area contributed by atoms with Crippen molar-refractivity contribution >= 4 is 12.0 Å². The van der Waals surface area contributed by atoms with E-state index in [0.717, 1.165) is 36.3 Å². The molecule has 4 fully saturated rings. The van der Waals surface area contributed by atoms with Crippen molar-refractivity contribution in [3.05, 3.63) is 29.8 Å². The van der Waals surface area contributed by atoms with Crippen molar-refractivity contribution < 1.29 is 14.3 Å². The van der Waals surface area contributed by atoms with E-state index < -0.39 is 0 Å². The van der Waals surface area contributed by atoms with E-state index in [1.807, 2.05) is 12.1 Å². The SMILES string of the molecule is COc1cc(/C=C/C(=O)NCCC23CC4CC(CC(C4)C2)C3)ccc1OCC#N. The van der Waals surface area contributed by atoms with Crippen LogP contribution >= 0.6 is 0 Å². The second-order valence-corrected chi connectivity index (χ2v) is 9.15. The van der Waals surface area contributed by atoms with Gasteiger partial charge in [0, 0.05) is 12.6 Å². The van der Waals surface area contributed by atoms with Crippen LogP contribution in [-0.4, -0.2) is 26.2 Å². The molecule has 4 aliphatic carbocycles. The molecule has 0 aromatic heterocycles. The Morgan fingerprint density at radius 3 is 2.52 bits per heavy atom. The number of ether oxygens (including phenoxy) is 2. The van der Waals surface area contributed by atoms with Gasteiger partial charge in [0.05, 0.1) is 7.11 Å². The zero-order valence-electron chi connectivity index (χ0n) is 17.2. The van der Waals surface area contributed by atoms with Crippen molar-refractivity contribution in [3.63, 3.8) is 0 Å². The number of nitrogens with zero attached hydrogens (tertiary/aromatic N) is 1. The molecule has 0 atom stereocenters. The third-order valence-electron chi connectivity index (χ3n) is 7.03. The van der Waals surface area contributed by atoms with E-state index in [9.17, 15) is 4.79 Å². The Balaban J connectivity index is 1.28. The third kappa shape index (κ3) is 4.58. The number of carbonyl (C=O) groups is 1. The second kappa shape index (κ2) is 8.49. The van der Waals surface area contributed by atoms with Gasteiger partial charge in [0.15, 0.2) is 18.1 Å². The lowest BCUT2D eigenvalue weighted by Crippen LogP contribution is -2.47. The van der Waals surface area contributed by atoms with Gasteiger partial charge in [-0.1, -0.05) is 6.07 Å². The standard InChI is InChI=1S/C24H30N2O3/c1-28-22-13-17(2-4-21(22)29-9-7-25)3-5-23(27)26-8-6-24-14-18-10-19(15-24)12-20(11-18)16-24/h2-5,13,18-20H,6,8-12,14-16H2,1H3,(H,26,27)/b5-3+. The number of carbonyl (C=O) groups excluding carboxylic acids is 1. The van der Waals surface area contributed by atoms with Crippen LogP contribution in [-0.2, 0) is 4.79 Å². The molecule has 1 aromatic rings. The molecule has 0 saturated heterocycles. The fraction of sp³-hybridized carbons (Fsp3) is 0.583. The molecule has 0 unspecified atom stereocenters. The van der Waals surface area contributed by atoms with E-state index in [4.69, 9.17) is 14.7 Å². The topological polar surface area (TPSA) is 71.3 Å². The van der Waals surface area contributed by atoms with E-state index in [2.05, 4.69) is 5.32 Å². The largest absolute Gasteiger partial charge is 0.493 e. The molecular formula is C24H30N2O3. The summed E-state index contributed by atoms with van der Waals surface area (Å²) in [5, 5.41) is 11.7. The van der Waals surface area contributed by atoms with Crippen LogP contribution in [0.4, 0.5) is 0 Å². The Labute approximate surface area is 173 Å². The number of nitrogens with one attached hydrogen (secondary N) is 1. The summed E-state index contributed by atoms with van der Waals surface area (Å²) in [5.74, 6) is 3.86. The molecule has 0 heterocycles. The maximum atomic E-state index is 12.3. The lowest BCUT2D eigenvalue weighted by molar-refractivity contribution is -0.116. The number of nitriles is 1. The first kappa shape index (κ1) is 19.8. The Hall–Kier alpha value is -2.48. The molecule has 1 amide bonds. The Kier molecular flexibility index (Phi) is 5.80. The minimum Gasteiger partial charge on any atom is -0.493 e. The van der Waals surface area contributed by atoms with Gasteiger partial charge in [-0.25, -0.2) is 0 Å². The van der Waals surface area contributed by atoms with Crippen molar-refractivity contribution in [2.45, 2.75) is 44.9 Å². The van der Waals surface area contributed by atoms with Gasteiger partial charge >= 0.3 is 0 Å². The van der Waals surface area contributed by atoms with Crippen molar-refractivity contribution in [1.82, 2.24) is 5.32 Å². The number of hydrogen-bond acceptors (Lipinski definition) is 4. The minimum atomic E-state index is -0.0569. The summed E-state index contributed by atoms with van der Waals surface area (Å²) in [7, 11) is 1.55. The normalized spacial score (nSPS) is 29.6. The van der Waals surface area contributed by atoms with E-state index in [0.29, 0.717) is 16.9 Å². The summed E-state index contributed by atoms with van der Waals surface area (Å²) < 4.78 is 10.6. The maximum absolute atomic E-state index is 12.3. The first-order valence-corrected chi connectivity index (χ1v) is 10.7. The van der Waals surface area contributed by atoms with E-state index in [-0.39, 0.29) is 12.5 Å². The van der Waals surface area contributed by atoms with Crippen molar-refractivity contribution in [3.8, 4) is 17.6 Å². The average molecular weight is 395 g/mol. The van der Waals surface area contributed by atoms with Crippen LogP contribution in [0.3, 0.4) is 0 Å². The van der Waals surface area contributed by atoms with E-state index in [1.54, 1.807) is 31.4 Å².